The van der Waals surface area contributed by atoms with E-state index in [-0.39, 0.29) is 29.9 Å². The maximum Gasteiger partial charge on any atom is 0.408 e. The zero-order valence-corrected chi connectivity index (χ0v) is 25.5. The lowest BCUT2D eigenvalue weighted by Crippen LogP contribution is -2.57. The number of hydrogen-bond donors (Lipinski definition) is 2. The van der Waals surface area contributed by atoms with Crippen molar-refractivity contribution in [3.8, 4) is 0 Å². The highest BCUT2D eigenvalue weighted by molar-refractivity contribution is 6.02. The summed E-state index contributed by atoms with van der Waals surface area (Å²) in [7, 11) is 1.26. The molecule has 1 aromatic heterocycles. The van der Waals surface area contributed by atoms with Gasteiger partial charge in [0.2, 0.25) is 17.6 Å². The third-order valence-corrected chi connectivity index (χ3v) is 7.52. The molecule has 0 radical (unpaired) electrons. The second kappa shape index (κ2) is 14.2. The molecule has 3 amide bonds. The van der Waals surface area contributed by atoms with E-state index in [1.54, 1.807) is 27.7 Å². The molecule has 1 aliphatic rings. The first-order valence-corrected chi connectivity index (χ1v) is 14.6. The first kappa shape index (κ1) is 32.2. The van der Waals surface area contributed by atoms with Crippen LogP contribution in [-0.4, -0.2) is 71.3 Å². The number of esters is 1. The maximum absolute atomic E-state index is 13.6. The fourth-order valence-corrected chi connectivity index (χ4v) is 5.08. The molecule has 44 heavy (non-hydrogen) atoms. The molecule has 0 spiro atoms. The molecule has 1 fully saturated rings. The minimum Gasteiger partial charge on any atom is -0.465 e. The Hall–Kier alpha value is -4.74. The normalized spacial score (nSPS) is 16.1. The van der Waals surface area contributed by atoms with Crippen molar-refractivity contribution in [3.63, 3.8) is 0 Å². The molecule has 12 heteroatoms. The molecular formula is C32H38N4O8. The number of benzene rings is 2. The van der Waals surface area contributed by atoms with Gasteiger partial charge >= 0.3 is 12.1 Å². The Morgan fingerprint density at radius 2 is 1.68 bits per heavy atom. The van der Waals surface area contributed by atoms with Gasteiger partial charge < -0.3 is 29.4 Å². The zero-order valence-electron chi connectivity index (χ0n) is 25.5. The first-order chi connectivity index (χ1) is 21.0. The van der Waals surface area contributed by atoms with E-state index < -0.39 is 47.8 Å². The summed E-state index contributed by atoms with van der Waals surface area (Å²) < 4.78 is 15.7. The van der Waals surface area contributed by atoms with Crippen LogP contribution < -0.4 is 10.6 Å². The van der Waals surface area contributed by atoms with Crippen LogP contribution in [0.1, 0.15) is 67.1 Å². The van der Waals surface area contributed by atoms with Gasteiger partial charge in [0.15, 0.2) is 5.58 Å². The minimum atomic E-state index is -0.986. The number of methoxy groups -OCH3 is 1. The van der Waals surface area contributed by atoms with Crippen LogP contribution >= 0.6 is 0 Å². The second-order valence-corrected chi connectivity index (χ2v) is 11.4. The van der Waals surface area contributed by atoms with Gasteiger partial charge in [0, 0.05) is 6.54 Å². The lowest BCUT2D eigenvalue weighted by Gasteiger charge is -2.31. The van der Waals surface area contributed by atoms with Gasteiger partial charge in [-0.25, -0.2) is 14.6 Å². The van der Waals surface area contributed by atoms with Gasteiger partial charge in [-0.1, -0.05) is 58.0 Å². The highest BCUT2D eigenvalue weighted by Gasteiger charge is 2.40. The van der Waals surface area contributed by atoms with Crippen LogP contribution in [0.25, 0.3) is 11.1 Å². The minimum absolute atomic E-state index is 0.0531. The van der Waals surface area contributed by atoms with E-state index in [0.717, 1.165) is 5.56 Å². The quantitative estimate of drug-likeness (QED) is 0.244. The van der Waals surface area contributed by atoms with Gasteiger partial charge in [-0.2, -0.15) is 0 Å². The molecule has 0 aliphatic carbocycles. The number of ether oxygens (including phenoxy) is 2. The van der Waals surface area contributed by atoms with Crippen LogP contribution in [0.5, 0.6) is 0 Å². The van der Waals surface area contributed by atoms with Gasteiger partial charge in [-0.3, -0.25) is 14.4 Å². The number of Topliss-reactive ketones (excluding diaryl/α,β-unsaturated/α-hetero) is 1. The molecule has 3 atom stereocenters. The molecule has 12 nitrogen and oxygen atoms in total. The highest BCUT2D eigenvalue weighted by atomic mass is 16.5. The molecule has 2 aromatic carbocycles. The number of hydrogen-bond acceptors (Lipinski definition) is 9. The van der Waals surface area contributed by atoms with Crippen LogP contribution in [-0.2, 0) is 25.7 Å². The molecular weight excluding hydrogens is 568 g/mol. The van der Waals surface area contributed by atoms with E-state index in [4.69, 9.17) is 13.9 Å². The summed E-state index contributed by atoms with van der Waals surface area (Å²) in [6.45, 7) is 7.53. The number of nitrogens with zero attached hydrogens (tertiary/aromatic N) is 2. The third-order valence-electron chi connectivity index (χ3n) is 7.52. The first-order valence-electron chi connectivity index (χ1n) is 14.6. The predicted octanol–water partition coefficient (Wildman–Crippen LogP) is 3.88. The third kappa shape index (κ3) is 7.42. The van der Waals surface area contributed by atoms with Crippen LogP contribution in [0, 0.1) is 11.8 Å². The van der Waals surface area contributed by atoms with E-state index >= 15 is 0 Å². The number of alkyl carbamates (subject to hydrolysis) is 1. The van der Waals surface area contributed by atoms with E-state index in [1.807, 2.05) is 30.3 Å². The van der Waals surface area contributed by atoms with Crippen molar-refractivity contribution in [2.75, 3.05) is 13.7 Å². The van der Waals surface area contributed by atoms with Crippen LogP contribution in [0.2, 0.25) is 0 Å². The molecule has 1 aliphatic heterocycles. The average Bonchev–Trinajstić information content (AvgIpc) is 3.68. The molecule has 3 aromatic rings. The Morgan fingerprint density at radius 1 is 0.977 bits per heavy atom. The molecule has 1 saturated heterocycles. The van der Waals surface area contributed by atoms with Crippen LogP contribution in [0.3, 0.4) is 0 Å². The van der Waals surface area contributed by atoms with Crippen molar-refractivity contribution in [1.29, 1.82) is 0 Å². The lowest BCUT2D eigenvalue weighted by molar-refractivity contribution is -0.141. The van der Waals surface area contributed by atoms with E-state index in [2.05, 4.69) is 15.6 Å². The summed E-state index contributed by atoms with van der Waals surface area (Å²) in [4.78, 5) is 70.8. The molecule has 0 unspecified atom stereocenters. The Balaban J connectivity index is 1.44. The summed E-state index contributed by atoms with van der Waals surface area (Å²) in [6, 6.07) is 10.9. The van der Waals surface area contributed by atoms with Crippen molar-refractivity contribution < 1.29 is 37.9 Å². The van der Waals surface area contributed by atoms with Crippen molar-refractivity contribution in [3.05, 3.63) is 65.5 Å². The predicted molar refractivity (Wildman–Crippen MR) is 160 cm³/mol. The van der Waals surface area contributed by atoms with E-state index in [0.29, 0.717) is 30.5 Å². The van der Waals surface area contributed by atoms with E-state index in [1.165, 1.54) is 30.2 Å². The van der Waals surface area contributed by atoms with Gasteiger partial charge in [-0.05, 0) is 48.4 Å². The Bertz CT molecular complexity index is 1520. The smallest absolute Gasteiger partial charge is 0.408 e. The maximum atomic E-state index is 13.6. The molecule has 4 rings (SSSR count). The number of carbonyl (C=O) groups excluding carboxylic acids is 5. The summed E-state index contributed by atoms with van der Waals surface area (Å²) in [6.07, 6.45) is 0.253. The summed E-state index contributed by atoms with van der Waals surface area (Å²) in [5.74, 6) is -2.79. The average molecular weight is 607 g/mol. The van der Waals surface area contributed by atoms with Gasteiger partial charge in [-0.15, -0.1) is 0 Å². The lowest BCUT2D eigenvalue weighted by atomic mass is 9.98. The van der Waals surface area contributed by atoms with Gasteiger partial charge in [0.25, 0.3) is 5.89 Å². The SMILES string of the molecule is COC(=O)c1ccc2oc(C(=O)[C@@H](NC(=O)[C@@H]3CCCN3C(=O)[C@@H](NC(=O)OCc3ccccc3)C(C)C)C(C)C)nc2c1. The number of oxazole rings is 1. The second-order valence-electron chi connectivity index (χ2n) is 11.4. The van der Waals surface area contributed by atoms with Crippen molar-refractivity contribution in [2.45, 2.75) is 65.3 Å². The monoisotopic (exact) mass is 606 g/mol. The zero-order chi connectivity index (χ0) is 32.0. The number of aromatic nitrogens is 1. The van der Waals surface area contributed by atoms with Crippen molar-refractivity contribution in [1.82, 2.24) is 20.5 Å². The fraction of sp³-hybridized carbons (Fsp3) is 0.438. The number of nitrogens with one attached hydrogen (secondary N) is 2. The number of fused-ring (bicyclic) bond motifs is 1. The molecule has 2 N–H and O–H groups in total. The molecule has 234 valence electrons. The Kier molecular flexibility index (Phi) is 10.4. The summed E-state index contributed by atoms with van der Waals surface area (Å²) >= 11 is 0. The fourth-order valence-electron chi connectivity index (χ4n) is 5.08. The van der Waals surface area contributed by atoms with Crippen molar-refractivity contribution >= 4 is 40.8 Å². The van der Waals surface area contributed by atoms with E-state index in [9.17, 15) is 24.0 Å². The number of ketones is 1. The number of amides is 3. The Morgan fingerprint density at radius 3 is 2.34 bits per heavy atom. The van der Waals surface area contributed by atoms with Gasteiger partial charge in [0.1, 0.15) is 24.2 Å². The number of carbonyl (C=O) groups is 5. The van der Waals surface area contributed by atoms with Crippen molar-refractivity contribution in [2.24, 2.45) is 11.8 Å². The van der Waals surface area contributed by atoms with Crippen LogP contribution in [0.4, 0.5) is 4.79 Å². The molecule has 2 heterocycles. The summed E-state index contributed by atoms with van der Waals surface area (Å²) in [5, 5.41) is 5.46. The molecule has 0 bridgehead atoms. The molecule has 0 saturated carbocycles. The van der Waals surface area contributed by atoms with Crippen LogP contribution in [0.15, 0.2) is 52.9 Å². The number of likely N-dealkylation sites (tertiary alicyclic amines) is 1. The summed E-state index contributed by atoms with van der Waals surface area (Å²) in [5.41, 5.74) is 1.67. The topological polar surface area (TPSA) is 157 Å². The largest absolute Gasteiger partial charge is 0.465 e. The Labute approximate surface area is 255 Å². The highest BCUT2D eigenvalue weighted by Crippen LogP contribution is 2.23. The van der Waals surface area contributed by atoms with Gasteiger partial charge in [0.05, 0.1) is 18.7 Å². The standard InChI is InChI=1S/C32H38N4O8/c1-18(2)25(27(37)29-33-22-16-21(31(40)42-5)13-14-24(22)44-29)34-28(38)23-12-9-15-36(23)30(39)26(19(3)4)35-32(41)43-17-20-10-7-6-8-11-20/h6-8,10-11,13-14,16,18-19,23,25-26H,9,12,15,17H2,1-5H3,(H,34,38)(H,35,41)/t23-,25-,26-/m0/s1. The number of rotatable bonds is 11.